The number of hydrogen-bond donors (Lipinski definition) is 0. The fourth-order valence-electron chi connectivity index (χ4n) is 0.459. The van der Waals surface area contributed by atoms with Crippen LogP contribution in [0.15, 0.2) is 16.9 Å². The second-order valence-corrected chi connectivity index (χ2v) is 1.88. The highest BCUT2D eigenvalue weighted by Gasteiger charge is 2.01. The van der Waals surface area contributed by atoms with Gasteiger partial charge in [0, 0.05) is 0 Å². The fourth-order valence-corrected chi connectivity index (χ4v) is 0.573. The number of hydrogen-bond acceptors (Lipinski definition) is 3. The number of carbonyl (C=O) groups is 1. The summed E-state index contributed by atoms with van der Waals surface area (Å²) >= 11 is 5.03. The van der Waals surface area contributed by atoms with E-state index in [1.807, 2.05) is 0 Å². The molecule has 1 aromatic heterocycles. The molecular formula is C5H4ClNO2. The molecule has 0 aliphatic rings. The molecule has 0 N–H and O–H groups in total. The van der Waals surface area contributed by atoms with Gasteiger partial charge in [0.25, 0.3) is 0 Å². The van der Waals surface area contributed by atoms with Gasteiger partial charge < -0.3 is 4.42 Å². The van der Waals surface area contributed by atoms with E-state index in [0.717, 1.165) is 0 Å². The van der Waals surface area contributed by atoms with Crippen LogP contribution >= 0.6 is 11.6 Å². The van der Waals surface area contributed by atoms with Gasteiger partial charge in [-0.25, -0.2) is 4.98 Å². The maximum absolute atomic E-state index is 10.2. The van der Waals surface area contributed by atoms with Crippen LogP contribution in [0.4, 0.5) is 0 Å². The van der Waals surface area contributed by atoms with E-state index in [1.165, 1.54) is 12.5 Å². The van der Waals surface area contributed by atoms with E-state index in [0.29, 0.717) is 5.89 Å². The molecule has 0 bridgehead atoms. The predicted molar refractivity (Wildman–Crippen MR) is 31.1 cm³/mol. The normalized spacial score (nSPS) is 9.44. The lowest BCUT2D eigenvalue weighted by Gasteiger charge is -1.82. The quantitative estimate of drug-likeness (QED) is 0.583. The first-order valence-electron chi connectivity index (χ1n) is 2.36. The summed E-state index contributed by atoms with van der Waals surface area (Å²) in [5, 5.41) is -0.461. The molecule has 9 heavy (non-hydrogen) atoms. The molecule has 3 nitrogen and oxygen atoms in total. The largest absolute Gasteiger partial charge is 0.448 e. The number of halogens is 1. The summed E-state index contributed by atoms with van der Waals surface area (Å²) in [6.45, 7) is 0. The lowest BCUT2D eigenvalue weighted by molar-refractivity contribution is -0.111. The maximum Gasteiger partial charge on any atom is 0.230 e. The topological polar surface area (TPSA) is 43.1 Å². The Morgan fingerprint density at radius 1 is 1.89 bits per heavy atom. The molecule has 0 fully saturated rings. The van der Waals surface area contributed by atoms with Crippen molar-refractivity contribution >= 4 is 16.8 Å². The van der Waals surface area contributed by atoms with Crippen molar-refractivity contribution in [3.63, 3.8) is 0 Å². The molecule has 0 radical (unpaired) electrons. The first-order valence-corrected chi connectivity index (χ1v) is 2.73. The van der Waals surface area contributed by atoms with Crippen molar-refractivity contribution in [2.75, 3.05) is 0 Å². The summed E-state index contributed by atoms with van der Waals surface area (Å²) in [5.41, 5.74) is 0. The van der Waals surface area contributed by atoms with Crippen LogP contribution in [0.1, 0.15) is 5.89 Å². The van der Waals surface area contributed by atoms with E-state index in [9.17, 15) is 4.79 Å². The van der Waals surface area contributed by atoms with Crippen molar-refractivity contribution in [2.24, 2.45) is 0 Å². The third kappa shape index (κ3) is 1.85. The van der Waals surface area contributed by atoms with Crippen LogP contribution < -0.4 is 0 Å². The highest BCUT2D eigenvalue weighted by molar-refractivity contribution is 6.63. The molecule has 0 aliphatic heterocycles. The summed E-state index contributed by atoms with van der Waals surface area (Å²) in [5.74, 6) is 0.356. The molecule has 4 heteroatoms. The molecule has 0 saturated heterocycles. The molecule has 1 rings (SSSR count). The van der Waals surface area contributed by atoms with Gasteiger partial charge in [0.15, 0.2) is 0 Å². The number of nitrogens with zero attached hydrogens (tertiary/aromatic N) is 1. The van der Waals surface area contributed by atoms with Gasteiger partial charge in [-0.2, -0.15) is 0 Å². The Kier molecular flexibility index (Phi) is 1.85. The Labute approximate surface area is 56.6 Å². The Balaban J connectivity index is 2.58. The zero-order chi connectivity index (χ0) is 6.69. The van der Waals surface area contributed by atoms with Crippen LogP contribution in [0.3, 0.4) is 0 Å². The number of aromatic nitrogens is 1. The van der Waals surface area contributed by atoms with Gasteiger partial charge in [0.2, 0.25) is 11.1 Å². The molecule has 0 aliphatic carbocycles. The van der Waals surface area contributed by atoms with E-state index < -0.39 is 5.24 Å². The molecule has 0 aromatic carbocycles. The lowest BCUT2D eigenvalue weighted by atomic mass is 10.5. The minimum absolute atomic E-state index is 0.0640. The smallest absolute Gasteiger partial charge is 0.230 e. The summed E-state index contributed by atoms with van der Waals surface area (Å²) in [6.07, 6.45) is 2.93. The van der Waals surface area contributed by atoms with Gasteiger partial charge >= 0.3 is 0 Å². The number of oxazole rings is 1. The molecule has 0 spiro atoms. The average molecular weight is 146 g/mol. The first-order chi connectivity index (χ1) is 4.29. The average Bonchev–Trinajstić information content (AvgIpc) is 2.15. The van der Waals surface area contributed by atoms with E-state index in [1.54, 1.807) is 0 Å². The summed E-state index contributed by atoms with van der Waals surface area (Å²) in [7, 11) is 0. The molecule has 1 heterocycles. The van der Waals surface area contributed by atoms with Crippen LogP contribution in [0, 0.1) is 0 Å². The second-order valence-electron chi connectivity index (χ2n) is 1.46. The van der Waals surface area contributed by atoms with Crippen LogP contribution in [0.25, 0.3) is 0 Å². The Bertz CT molecular complexity index is 195. The molecule has 0 saturated carbocycles. The van der Waals surface area contributed by atoms with Crippen molar-refractivity contribution in [2.45, 2.75) is 6.42 Å². The van der Waals surface area contributed by atoms with Gasteiger partial charge in [-0.15, -0.1) is 0 Å². The highest BCUT2D eigenvalue weighted by Crippen LogP contribution is 1.97. The van der Waals surface area contributed by atoms with Crippen molar-refractivity contribution in [1.29, 1.82) is 0 Å². The maximum atomic E-state index is 10.2. The second kappa shape index (κ2) is 2.64. The highest BCUT2D eigenvalue weighted by atomic mass is 35.5. The minimum atomic E-state index is -0.461. The summed E-state index contributed by atoms with van der Waals surface area (Å²) in [4.78, 5) is 13.9. The third-order valence-electron chi connectivity index (χ3n) is 0.774. The SMILES string of the molecule is O=C(Cl)Cc1ncco1. The Morgan fingerprint density at radius 3 is 3.11 bits per heavy atom. The fraction of sp³-hybridized carbons (Fsp3) is 0.200. The zero-order valence-corrected chi connectivity index (χ0v) is 5.26. The van der Waals surface area contributed by atoms with Crippen LogP contribution in [-0.4, -0.2) is 10.2 Å². The first kappa shape index (κ1) is 6.29. The van der Waals surface area contributed by atoms with Crippen molar-refractivity contribution in [3.8, 4) is 0 Å². The Morgan fingerprint density at radius 2 is 2.67 bits per heavy atom. The molecular weight excluding hydrogens is 142 g/mol. The number of rotatable bonds is 2. The van der Waals surface area contributed by atoms with Gasteiger partial charge in [0.1, 0.15) is 6.26 Å². The Hall–Kier alpha value is -0.830. The molecule has 1 aromatic rings. The molecule has 0 amide bonds. The van der Waals surface area contributed by atoms with Crippen molar-refractivity contribution < 1.29 is 9.21 Å². The molecule has 48 valence electrons. The molecule has 0 atom stereocenters. The van der Waals surface area contributed by atoms with E-state index in [-0.39, 0.29) is 6.42 Å². The van der Waals surface area contributed by atoms with E-state index >= 15 is 0 Å². The van der Waals surface area contributed by atoms with Crippen LogP contribution in [0.5, 0.6) is 0 Å². The monoisotopic (exact) mass is 145 g/mol. The van der Waals surface area contributed by atoms with Crippen molar-refractivity contribution in [3.05, 3.63) is 18.4 Å². The van der Waals surface area contributed by atoms with E-state index in [4.69, 9.17) is 16.0 Å². The van der Waals surface area contributed by atoms with E-state index in [2.05, 4.69) is 4.98 Å². The predicted octanol–water partition coefficient (Wildman–Crippen LogP) is 0.982. The molecule has 0 unspecified atom stereocenters. The van der Waals surface area contributed by atoms with Crippen molar-refractivity contribution in [1.82, 2.24) is 4.98 Å². The third-order valence-corrected chi connectivity index (χ3v) is 0.907. The van der Waals surface area contributed by atoms with Gasteiger partial charge in [0.05, 0.1) is 12.6 Å². The van der Waals surface area contributed by atoms with Gasteiger partial charge in [-0.05, 0) is 11.6 Å². The zero-order valence-electron chi connectivity index (χ0n) is 4.50. The standard InChI is InChI=1S/C5H4ClNO2/c6-4(8)3-5-7-1-2-9-5/h1-2H,3H2. The minimum Gasteiger partial charge on any atom is -0.448 e. The summed E-state index contributed by atoms with van der Waals surface area (Å²) < 4.78 is 4.73. The van der Waals surface area contributed by atoms with Crippen LogP contribution in [-0.2, 0) is 11.2 Å². The number of carbonyl (C=O) groups excluding carboxylic acids is 1. The van der Waals surface area contributed by atoms with Gasteiger partial charge in [-0.1, -0.05) is 0 Å². The van der Waals surface area contributed by atoms with Gasteiger partial charge in [-0.3, -0.25) is 4.79 Å². The summed E-state index contributed by atoms with van der Waals surface area (Å²) in [6, 6.07) is 0. The van der Waals surface area contributed by atoms with Crippen LogP contribution in [0.2, 0.25) is 0 Å². The lowest BCUT2D eigenvalue weighted by Crippen LogP contribution is -1.92.